The van der Waals surface area contributed by atoms with E-state index < -0.39 is 11.9 Å². The summed E-state index contributed by atoms with van der Waals surface area (Å²) in [6.07, 6.45) is 2.05. The number of nitrogens with one attached hydrogen (secondary N) is 1. The van der Waals surface area contributed by atoms with Crippen molar-refractivity contribution in [2.24, 2.45) is 11.8 Å². The Morgan fingerprint density at radius 1 is 1.43 bits per heavy atom. The highest BCUT2D eigenvalue weighted by Crippen LogP contribution is 2.41. The lowest BCUT2D eigenvalue weighted by Gasteiger charge is -2.25. The van der Waals surface area contributed by atoms with Crippen molar-refractivity contribution in [1.82, 2.24) is 10.2 Å². The molecule has 1 saturated carbocycles. The molecule has 1 aromatic carbocycles. The first-order valence-electron chi connectivity index (χ1n) is 7.80. The number of nitrogens with zero attached hydrogens (tertiary/aromatic N) is 1. The zero-order valence-corrected chi connectivity index (χ0v) is 13.7. The standard InChI is InChI=1S/C17H23FN2O3/c1-10-8-13(6-7-14(10)18)15(12-4-5-12)19-17(23)20(3)9-11(2)16(21)22/h6-8,11-12,15H,4-5,9H2,1-3H3,(H,19,23)(H,21,22). The summed E-state index contributed by atoms with van der Waals surface area (Å²) in [5.41, 5.74) is 1.44. The summed E-state index contributed by atoms with van der Waals surface area (Å²) in [6.45, 7) is 3.40. The first-order chi connectivity index (χ1) is 10.8. The predicted molar refractivity (Wildman–Crippen MR) is 84.6 cm³/mol. The summed E-state index contributed by atoms with van der Waals surface area (Å²) in [7, 11) is 1.58. The van der Waals surface area contributed by atoms with Crippen molar-refractivity contribution in [3.63, 3.8) is 0 Å². The molecule has 6 heteroatoms. The average Bonchev–Trinajstić information content (AvgIpc) is 3.31. The van der Waals surface area contributed by atoms with E-state index >= 15 is 0 Å². The molecule has 0 heterocycles. The first-order valence-corrected chi connectivity index (χ1v) is 7.80. The Balaban J connectivity index is 2.06. The van der Waals surface area contributed by atoms with Crippen LogP contribution in [0, 0.1) is 24.6 Å². The molecule has 5 nitrogen and oxygen atoms in total. The fourth-order valence-corrected chi connectivity index (χ4v) is 2.58. The molecule has 2 rings (SSSR count). The maximum absolute atomic E-state index is 13.4. The van der Waals surface area contributed by atoms with E-state index in [1.54, 1.807) is 33.0 Å². The second-order valence-corrected chi connectivity index (χ2v) is 6.39. The van der Waals surface area contributed by atoms with Gasteiger partial charge in [0.2, 0.25) is 0 Å². The van der Waals surface area contributed by atoms with Crippen molar-refractivity contribution in [2.45, 2.75) is 32.7 Å². The average molecular weight is 322 g/mol. The highest BCUT2D eigenvalue weighted by Gasteiger charge is 2.34. The van der Waals surface area contributed by atoms with E-state index in [-0.39, 0.29) is 24.4 Å². The van der Waals surface area contributed by atoms with Crippen molar-refractivity contribution in [3.05, 3.63) is 35.1 Å². The smallest absolute Gasteiger partial charge is 0.317 e. The lowest BCUT2D eigenvalue weighted by molar-refractivity contribution is -0.141. The number of aliphatic carboxylic acids is 1. The second-order valence-electron chi connectivity index (χ2n) is 6.39. The molecular weight excluding hydrogens is 299 g/mol. The molecule has 1 aliphatic rings. The largest absolute Gasteiger partial charge is 0.481 e. The van der Waals surface area contributed by atoms with Crippen LogP contribution in [0.2, 0.25) is 0 Å². The van der Waals surface area contributed by atoms with Gasteiger partial charge in [0.05, 0.1) is 12.0 Å². The molecule has 0 aromatic heterocycles. The molecule has 0 saturated heterocycles. The minimum absolute atomic E-state index is 0.140. The minimum atomic E-state index is -0.933. The number of benzene rings is 1. The number of hydrogen-bond acceptors (Lipinski definition) is 2. The van der Waals surface area contributed by atoms with Gasteiger partial charge in [-0.15, -0.1) is 0 Å². The third kappa shape index (κ3) is 4.43. The van der Waals surface area contributed by atoms with Crippen molar-refractivity contribution in [3.8, 4) is 0 Å². The number of hydrogen-bond donors (Lipinski definition) is 2. The van der Waals surface area contributed by atoms with E-state index in [0.717, 1.165) is 18.4 Å². The number of urea groups is 1. The highest BCUT2D eigenvalue weighted by atomic mass is 19.1. The number of amides is 2. The first kappa shape index (κ1) is 17.2. The van der Waals surface area contributed by atoms with Crippen LogP contribution < -0.4 is 5.32 Å². The van der Waals surface area contributed by atoms with E-state index in [2.05, 4.69) is 5.32 Å². The van der Waals surface area contributed by atoms with E-state index in [9.17, 15) is 14.0 Å². The van der Waals surface area contributed by atoms with Gasteiger partial charge in [0.15, 0.2) is 0 Å². The van der Waals surface area contributed by atoms with Gasteiger partial charge in [-0.1, -0.05) is 19.1 Å². The van der Waals surface area contributed by atoms with Crippen molar-refractivity contribution >= 4 is 12.0 Å². The Kier molecular flexibility index (Phi) is 5.23. The van der Waals surface area contributed by atoms with Gasteiger partial charge in [0, 0.05) is 13.6 Å². The number of carbonyl (C=O) groups is 2. The van der Waals surface area contributed by atoms with Crippen molar-refractivity contribution in [2.75, 3.05) is 13.6 Å². The molecule has 1 aromatic rings. The van der Waals surface area contributed by atoms with E-state index in [1.165, 1.54) is 11.0 Å². The van der Waals surface area contributed by atoms with Gasteiger partial charge in [-0.05, 0) is 42.9 Å². The summed E-state index contributed by atoms with van der Waals surface area (Å²) in [5.74, 6) is -1.47. The normalized spacial score (nSPS) is 16.5. The third-order valence-electron chi connectivity index (χ3n) is 4.23. The fraction of sp³-hybridized carbons (Fsp3) is 0.529. The Labute approximate surface area is 135 Å². The van der Waals surface area contributed by atoms with Crippen LogP contribution >= 0.6 is 0 Å². The number of aryl methyl sites for hydroxylation is 1. The maximum Gasteiger partial charge on any atom is 0.317 e. The molecule has 0 aliphatic heterocycles. The number of carbonyl (C=O) groups excluding carboxylic acids is 1. The Morgan fingerprint density at radius 3 is 2.61 bits per heavy atom. The molecule has 2 N–H and O–H groups in total. The number of carboxylic acids is 1. The van der Waals surface area contributed by atoms with Crippen molar-refractivity contribution < 1.29 is 19.1 Å². The van der Waals surface area contributed by atoms with Gasteiger partial charge in [-0.3, -0.25) is 4.79 Å². The van der Waals surface area contributed by atoms with E-state index in [1.807, 2.05) is 0 Å². The second kappa shape index (κ2) is 6.98. The summed E-state index contributed by atoms with van der Waals surface area (Å²) < 4.78 is 13.4. The summed E-state index contributed by atoms with van der Waals surface area (Å²) in [5, 5.41) is 11.9. The molecule has 1 fully saturated rings. The van der Waals surface area contributed by atoms with Crippen molar-refractivity contribution in [1.29, 1.82) is 0 Å². The maximum atomic E-state index is 13.4. The molecule has 0 radical (unpaired) electrons. The molecule has 126 valence electrons. The predicted octanol–water partition coefficient (Wildman–Crippen LogP) is 2.95. The van der Waals surface area contributed by atoms with Crippen LogP contribution in [-0.4, -0.2) is 35.6 Å². The van der Waals surface area contributed by atoms with Crippen LogP contribution in [0.5, 0.6) is 0 Å². The molecule has 23 heavy (non-hydrogen) atoms. The quantitative estimate of drug-likeness (QED) is 0.846. The van der Waals surface area contributed by atoms with E-state index in [0.29, 0.717) is 11.5 Å². The topological polar surface area (TPSA) is 69.6 Å². The van der Waals surface area contributed by atoms with Gasteiger partial charge in [-0.25, -0.2) is 9.18 Å². The molecule has 2 unspecified atom stereocenters. The zero-order chi connectivity index (χ0) is 17.1. The minimum Gasteiger partial charge on any atom is -0.481 e. The number of halogens is 1. The van der Waals surface area contributed by atoms with Gasteiger partial charge in [-0.2, -0.15) is 0 Å². The van der Waals surface area contributed by atoms with Gasteiger partial charge < -0.3 is 15.3 Å². The summed E-state index contributed by atoms with van der Waals surface area (Å²) in [4.78, 5) is 24.6. The number of rotatable bonds is 6. The number of carboxylic acid groups (broad SMARTS) is 1. The molecule has 2 atom stereocenters. The lowest BCUT2D eigenvalue weighted by Crippen LogP contribution is -2.42. The van der Waals surface area contributed by atoms with Gasteiger partial charge >= 0.3 is 12.0 Å². The fourth-order valence-electron chi connectivity index (χ4n) is 2.58. The summed E-state index contributed by atoms with van der Waals surface area (Å²) >= 11 is 0. The summed E-state index contributed by atoms with van der Waals surface area (Å²) in [6, 6.07) is 4.41. The molecule has 0 spiro atoms. The van der Waals surface area contributed by atoms with Crippen LogP contribution in [0.1, 0.15) is 36.9 Å². The highest BCUT2D eigenvalue weighted by molar-refractivity contribution is 5.76. The van der Waals surface area contributed by atoms with Crippen LogP contribution in [0.3, 0.4) is 0 Å². The molecule has 0 bridgehead atoms. The van der Waals surface area contributed by atoms with Gasteiger partial charge in [0.25, 0.3) is 0 Å². The van der Waals surface area contributed by atoms with Crippen LogP contribution in [-0.2, 0) is 4.79 Å². The molecule has 2 amide bonds. The third-order valence-corrected chi connectivity index (χ3v) is 4.23. The monoisotopic (exact) mass is 322 g/mol. The molecular formula is C17H23FN2O3. The molecule has 1 aliphatic carbocycles. The van der Waals surface area contributed by atoms with Gasteiger partial charge in [0.1, 0.15) is 5.82 Å². The Hall–Kier alpha value is -2.11. The van der Waals surface area contributed by atoms with Crippen LogP contribution in [0.4, 0.5) is 9.18 Å². The van der Waals surface area contributed by atoms with E-state index in [4.69, 9.17) is 5.11 Å². The Bertz CT molecular complexity index is 602. The zero-order valence-electron chi connectivity index (χ0n) is 13.7. The SMILES string of the molecule is Cc1cc(C(NC(=O)N(C)CC(C)C(=O)O)C2CC2)ccc1F. The van der Waals surface area contributed by atoms with Crippen LogP contribution in [0.15, 0.2) is 18.2 Å². The van der Waals surface area contributed by atoms with Crippen LogP contribution in [0.25, 0.3) is 0 Å². The Morgan fingerprint density at radius 2 is 2.09 bits per heavy atom. The lowest BCUT2D eigenvalue weighted by atomic mass is 10.0.